The molecule has 2 fully saturated rings. The van der Waals surface area contributed by atoms with Gasteiger partial charge in [-0.15, -0.1) is 0 Å². The molecule has 2 nitrogen and oxygen atoms in total. The van der Waals surface area contributed by atoms with Crippen molar-refractivity contribution in [1.29, 1.82) is 0 Å². The summed E-state index contributed by atoms with van der Waals surface area (Å²) in [6.07, 6.45) is -2.27. The number of alkyl halides is 5. The van der Waals surface area contributed by atoms with Gasteiger partial charge in [0.05, 0.1) is 6.54 Å². The minimum atomic E-state index is -5.47. The molecule has 0 amide bonds. The van der Waals surface area contributed by atoms with Gasteiger partial charge in [0, 0.05) is 6.61 Å². The average Bonchev–Trinajstić information content (AvgIpc) is 3.08. The molecule has 7 heteroatoms. The van der Waals surface area contributed by atoms with Crippen molar-refractivity contribution in [3.05, 3.63) is 0 Å². The lowest BCUT2D eigenvalue weighted by Crippen LogP contribution is -2.49. The SMILES string of the molecule is OCCC1CC1C1CCN(CC(F)(F)C(F)(F)F)CC1. The van der Waals surface area contributed by atoms with Crippen LogP contribution < -0.4 is 0 Å². The molecular weight excluding hydrogens is 281 g/mol. The zero-order valence-electron chi connectivity index (χ0n) is 11.2. The van der Waals surface area contributed by atoms with E-state index in [1.54, 1.807) is 0 Å². The van der Waals surface area contributed by atoms with E-state index in [0.29, 0.717) is 43.7 Å². The van der Waals surface area contributed by atoms with Gasteiger partial charge in [0.1, 0.15) is 0 Å². The van der Waals surface area contributed by atoms with Gasteiger partial charge >= 0.3 is 12.1 Å². The van der Waals surface area contributed by atoms with Crippen LogP contribution in [-0.2, 0) is 0 Å². The van der Waals surface area contributed by atoms with Gasteiger partial charge in [-0.3, -0.25) is 4.90 Å². The van der Waals surface area contributed by atoms with Crippen molar-refractivity contribution in [2.24, 2.45) is 17.8 Å². The largest absolute Gasteiger partial charge is 0.454 e. The Morgan fingerprint density at radius 1 is 1.05 bits per heavy atom. The van der Waals surface area contributed by atoms with Gasteiger partial charge < -0.3 is 5.11 Å². The summed E-state index contributed by atoms with van der Waals surface area (Å²) in [5.41, 5.74) is 0. The fourth-order valence-corrected chi connectivity index (χ4v) is 3.26. The number of aliphatic hydroxyl groups excluding tert-OH is 1. The highest BCUT2D eigenvalue weighted by Crippen LogP contribution is 2.49. The van der Waals surface area contributed by atoms with Crippen LogP contribution in [0, 0.1) is 17.8 Å². The average molecular weight is 301 g/mol. The smallest absolute Gasteiger partial charge is 0.396 e. The molecule has 118 valence electrons. The molecule has 0 radical (unpaired) electrons. The van der Waals surface area contributed by atoms with Gasteiger partial charge in [-0.1, -0.05) is 0 Å². The quantitative estimate of drug-likeness (QED) is 0.789. The predicted molar refractivity (Wildman–Crippen MR) is 63.5 cm³/mol. The summed E-state index contributed by atoms with van der Waals surface area (Å²) in [5.74, 6) is -3.15. The van der Waals surface area contributed by atoms with Gasteiger partial charge in [0.25, 0.3) is 0 Å². The van der Waals surface area contributed by atoms with Crippen LogP contribution in [0.2, 0.25) is 0 Å². The molecule has 1 aliphatic carbocycles. The van der Waals surface area contributed by atoms with E-state index in [-0.39, 0.29) is 6.61 Å². The van der Waals surface area contributed by atoms with Gasteiger partial charge in [-0.05, 0) is 56.5 Å². The molecule has 1 saturated carbocycles. The Balaban J connectivity index is 1.75. The fourth-order valence-electron chi connectivity index (χ4n) is 3.26. The normalized spacial score (nSPS) is 29.7. The number of aliphatic hydroxyl groups is 1. The maximum atomic E-state index is 13.0. The summed E-state index contributed by atoms with van der Waals surface area (Å²) < 4.78 is 62.3. The number of rotatable bonds is 5. The summed E-state index contributed by atoms with van der Waals surface area (Å²) in [5, 5.41) is 8.84. The molecule has 20 heavy (non-hydrogen) atoms. The van der Waals surface area contributed by atoms with Gasteiger partial charge in [-0.2, -0.15) is 22.0 Å². The van der Waals surface area contributed by atoms with Crippen LogP contribution in [-0.4, -0.2) is 48.3 Å². The van der Waals surface area contributed by atoms with Crippen molar-refractivity contribution in [1.82, 2.24) is 4.90 Å². The Morgan fingerprint density at radius 3 is 2.15 bits per heavy atom. The Kier molecular flexibility index (Phi) is 4.59. The molecule has 0 bridgehead atoms. The zero-order chi connectivity index (χ0) is 15.0. The molecule has 0 aromatic heterocycles. The van der Waals surface area contributed by atoms with Gasteiger partial charge in [0.2, 0.25) is 0 Å². The number of halogens is 5. The van der Waals surface area contributed by atoms with Crippen molar-refractivity contribution in [2.45, 2.75) is 37.8 Å². The molecular formula is C13H20F5NO. The molecule has 0 aromatic carbocycles. The standard InChI is InChI=1S/C13H20F5NO/c14-12(15,13(16,17)18)8-19-4-1-9(2-5-19)11-7-10(11)3-6-20/h9-11,20H,1-8H2. The topological polar surface area (TPSA) is 23.5 Å². The van der Waals surface area contributed by atoms with Gasteiger partial charge in [-0.25, -0.2) is 0 Å². The summed E-state index contributed by atoms with van der Waals surface area (Å²) in [4.78, 5) is 1.22. The zero-order valence-corrected chi connectivity index (χ0v) is 11.2. The van der Waals surface area contributed by atoms with Crippen molar-refractivity contribution < 1.29 is 27.1 Å². The van der Waals surface area contributed by atoms with Crippen LogP contribution in [0.25, 0.3) is 0 Å². The van der Waals surface area contributed by atoms with E-state index in [2.05, 4.69) is 0 Å². The van der Waals surface area contributed by atoms with E-state index in [4.69, 9.17) is 5.11 Å². The van der Waals surface area contributed by atoms with Crippen LogP contribution >= 0.6 is 0 Å². The fraction of sp³-hybridized carbons (Fsp3) is 1.00. The third kappa shape index (κ3) is 3.61. The highest BCUT2D eigenvalue weighted by Gasteiger charge is 2.58. The van der Waals surface area contributed by atoms with E-state index < -0.39 is 18.6 Å². The highest BCUT2D eigenvalue weighted by atomic mass is 19.4. The van der Waals surface area contributed by atoms with Crippen LogP contribution in [0.3, 0.4) is 0 Å². The number of nitrogens with zero attached hydrogens (tertiary/aromatic N) is 1. The minimum Gasteiger partial charge on any atom is -0.396 e. The number of hydrogen-bond donors (Lipinski definition) is 1. The molecule has 1 saturated heterocycles. The number of hydrogen-bond acceptors (Lipinski definition) is 2. The first-order valence-corrected chi connectivity index (χ1v) is 7.02. The van der Waals surface area contributed by atoms with Crippen LogP contribution in [0.1, 0.15) is 25.7 Å². The second-order valence-corrected chi connectivity index (χ2v) is 5.99. The number of piperidine rings is 1. The van der Waals surface area contributed by atoms with E-state index >= 15 is 0 Å². The predicted octanol–water partition coefficient (Wildman–Crippen LogP) is 2.91. The third-order valence-corrected chi connectivity index (χ3v) is 4.55. The first-order valence-electron chi connectivity index (χ1n) is 7.02. The Labute approximate surface area is 114 Å². The van der Waals surface area contributed by atoms with E-state index in [1.165, 1.54) is 4.90 Å². The molecule has 0 spiro atoms. The molecule has 2 rings (SSSR count). The second-order valence-electron chi connectivity index (χ2n) is 5.99. The van der Waals surface area contributed by atoms with E-state index in [1.807, 2.05) is 0 Å². The Hall–Kier alpha value is -0.430. The maximum Gasteiger partial charge on any atom is 0.454 e. The lowest BCUT2D eigenvalue weighted by molar-refractivity contribution is -0.287. The maximum absolute atomic E-state index is 13.0. The molecule has 0 aromatic rings. The minimum absolute atomic E-state index is 0.165. The summed E-state index contributed by atoms with van der Waals surface area (Å²) in [7, 11) is 0. The molecule has 2 atom stereocenters. The highest BCUT2D eigenvalue weighted by molar-refractivity contribution is 4.93. The molecule has 1 N–H and O–H groups in total. The molecule has 1 heterocycles. The molecule has 2 unspecified atom stereocenters. The first kappa shape index (κ1) is 15.9. The first-order chi connectivity index (χ1) is 9.24. The summed E-state index contributed by atoms with van der Waals surface area (Å²) in [6, 6.07) is 0. The van der Waals surface area contributed by atoms with Crippen LogP contribution in [0.15, 0.2) is 0 Å². The Morgan fingerprint density at radius 2 is 1.65 bits per heavy atom. The van der Waals surface area contributed by atoms with E-state index in [0.717, 1.165) is 12.8 Å². The van der Waals surface area contributed by atoms with Crippen LogP contribution in [0.5, 0.6) is 0 Å². The Bertz CT molecular complexity index is 325. The third-order valence-electron chi connectivity index (χ3n) is 4.55. The summed E-state index contributed by atoms with van der Waals surface area (Å²) >= 11 is 0. The molecule has 1 aliphatic heterocycles. The van der Waals surface area contributed by atoms with Crippen LogP contribution in [0.4, 0.5) is 22.0 Å². The van der Waals surface area contributed by atoms with E-state index in [9.17, 15) is 22.0 Å². The molecule has 2 aliphatic rings. The summed E-state index contributed by atoms with van der Waals surface area (Å²) in [6.45, 7) is -0.455. The number of likely N-dealkylation sites (tertiary alicyclic amines) is 1. The van der Waals surface area contributed by atoms with Crippen molar-refractivity contribution in [2.75, 3.05) is 26.2 Å². The van der Waals surface area contributed by atoms with Crippen molar-refractivity contribution in [3.63, 3.8) is 0 Å². The van der Waals surface area contributed by atoms with Gasteiger partial charge in [0.15, 0.2) is 0 Å². The lowest BCUT2D eigenvalue weighted by Gasteiger charge is -2.34. The monoisotopic (exact) mass is 301 g/mol. The lowest BCUT2D eigenvalue weighted by atomic mass is 9.90. The van der Waals surface area contributed by atoms with Crippen molar-refractivity contribution in [3.8, 4) is 0 Å². The van der Waals surface area contributed by atoms with Crippen molar-refractivity contribution >= 4 is 0 Å². The second kappa shape index (κ2) is 5.75.